The Labute approximate surface area is 127 Å². The molecule has 1 aliphatic heterocycles. The lowest BCUT2D eigenvalue weighted by atomic mass is 9.99. The Bertz CT molecular complexity index is 609. The average molecular weight is 283 g/mol. The van der Waals surface area contributed by atoms with Crippen LogP contribution in [0.2, 0.25) is 0 Å². The molecule has 0 bridgehead atoms. The summed E-state index contributed by atoms with van der Waals surface area (Å²) in [5.74, 6) is 0. The van der Waals surface area contributed by atoms with Crippen LogP contribution in [-0.2, 0) is 13.5 Å². The van der Waals surface area contributed by atoms with Gasteiger partial charge in [0, 0.05) is 24.3 Å². The third-order valence-electron chi connectivity index (χ3n) is 4.76. The van der Waals surface area contributed by atoms with E-state index in [0.29, 0.717) is 6.04 Å². The lowest BCUT2D eigenvalue weighted by Crippen LogP contribution is -2.23. The number of aryl methyl sites for hydroxylation is 1. The smallest absolute Gasteiger partial charge is 0.0571 e. The maximum absolute atomic E-state index is 4.42. The quantitative estimate of drug-likeness (QED) is 0.851. The third kappa shape index (κ3) is 2.75. The van der Waals surface area contributed by atoms with Crippen molar-refractivity contribution >= 4 is 0 Å². The fourth-order valence-corrected chi connectivity index (χ4v) is 3.43. The van der Waals surface area contributed by atoms with Gasteiger partial charge in [-0.15, -0.1) is 0 Å². The minimum atomic E-state index is 0.509. The van der Waals surface area contributed by atoms with Crippen molar-refractivity contribution in [1.82, 2.24) is 14.7 Å². The van der Waals surface area contributed by atoms with E-state index in [4.69, 9.17) is 0 Å². The highest BCUT2D eigenvalue weighted by atomic mass is 15.3. The van der Waals surface area contributed by atoms with Gasteiger partial charge in [0.15, 0.2) is 0 Å². The summed E-state index contributed by atoms with van der Waals surface area (Å²) in [5, 5.41) is 4.42. The first-order valence-electron chi connectivity index (χ1n) is 8.06. The first-order valence-corrected chi connectivity index (χ1v) is 8.06. The van der Waals surface area contributed by atoms with Gasteiger partial charge in [-0.3, -0.25) is 9.58 Å². The predicted octanol–water partition coefficient (Wildman–Crippen LogP) is 3.81. The van der Waals surface area contributed by atoms with Crippen LogP contribution in [0.5, 0.6) is 0 Å². The summed E-state index contributed by atoms with van der Waals surface area (Å²) in [4.78, 5) is 2.59. The van der Waals surface area contributed by atoms with Crippen LogP contribution in [0.25, 0.3) is 11.1 Å². The predicted molar refractivity (Wildman–Crippen MR) is 87.2 cm³/mol. The van der Waals surface area contributed by atoms with E-state index in [-0.39, 0.29) is 0 Å². The Morgan fingerprint density at radius 1 is 1.24 bits per heavy atom. The SMILES string of the molecule is CCc1c(-c2cccc([C@@H](C)N3CCCC3)c2)cnn1C. The van der Waals surface area contributed by atoms with Crippen molar-refractivity contribution < 1.29 is 0 Å². The van der Waals surface area contributed by atoms with E-state index in [1.54, 1.807) is 0 Å². The lowest BCUT2D eigenvalue weighted by Gasteiger charge is -2.24. The minimum absolute atomic E-state index is 0.509. The minimum Gasteiger partial charge on any atom is -0.297 e. The second-order valence-electron chi connectivity index (χ2n) is 6.03. The van der Waals surface area contributed by atoms with E-state index >= 15 is 0 Å². The summed E-state index contributed by atoms with van der Waals surface area (Å²) in [6, 6.07) is 9.50. The second kappa shape index (κ2) is 6.02. The number of rotatable bonds is 4. The molecule has 2 heterocycles. The van der Waals surface area contributed by atoms with Crippen molar-refractivity contribution in [1.29, 1.82) is 0 Å². The zero-order valence-electron chi connectivity index (χ0n) is 13.3. The van der Waals surface area contributed by atoms with E-state index in [1.165, 1.54) is 48.3 Å². The number of aromatic nitrogens is 2. The van der Waals surface area contributed by atoms with E-state index in [0.717, 1.165) is 6.42 Å². The van der Waals surface area contributed by atoms with Crippen LogP contribution >= 0.6 is 0 Å². The Balaban J connectivity index is 1.92. The molecular formula is C18H25N3. The van der Waals surface area contributed by atoms with Crippen molar-refractivity contribution in [2.75, 3.05) is 13.1 Å². The molecule has 0 unspecified atom stereocenters. The maximum Gasteiger partial charge on any atom is 0.0571 e. The molecule has 1 fully saturated rings. The number of likely N-dealkylation sites (tertiary alicyclic amines) is 1. The molecule has 1 atom stereocenters. The van der Waals surface area contributed by atoms with Crippen molar-refractivity contribution in [3.63, 3.8) is 0 Å². The molecule has 1 aromatic carbocycles. The van der Waals surface area contributed by atoms with Crippen LogP contribution in [0.4, 0.5) is 0 Å². The van der Waals surface area contributed by atoms with Crippen molar-refractivity contribution in [3.8, 4) is 11.1 Å². The number of nitrogens with zero attached hydrogens (tertiary/aromatic N) is 3. The largest absolute Gasteiger partial charge is 0.297 e. The van der Waals surface area contributed by atoms with Gasteiger partial charge >= 0.3 is 0 Å². The molecule has 0 N–H and O–H groups in total. The maximum atomic E-state index is 4.42. The molecule has 3 heteroatoms. The van der Waals surface area contributed by atoms with E-state index < -0.39 is 0 Å². The molecular weight excluding hydrogens is 258 g/mol. The fourth-order valence-electron chi connectivity index (χ4n) is 3.43. The van der Waals surface area contributed by atoms with Gasteiger partial charge in [-0.05, 0) is 56.5 Å². The number of benzene rings is 1. The first kappa shape index (κ1) is 14.3. The standard InChI is InChI=1S/C18H25N3/c1-4-18-17(13-19-20(18)3)16-9-7-8-15(12-16)14(2)21-10-5-6-11-21/h7-9,12-14H,4-6,10-11H2,1-3H3/t14-/m1/s1. The summed E-state index contributed by atoms with van der Waals surface area (Å²) in [7, 11) is 2.03. The molecule has 0 saturated carbocycles. The zero-order chi connectivity index (χ0) is 14.8. The third-order valence-corrected chi connectivity index (χ3v) is 4.76. The van der Waals surface area contributed by atoms with Gasteiger partial charge in [-0.25, -0.2) is 0 Å². The molecule has 21 heavy (non-hydrogen) atoms. The van der Waals surface area contributed by atoms with Crippen molar-refractivity contribution in [2.24, 2.45) is 7.05 Å². The first-order chi connectivity index (χ1) is 10.2. The van der Waals surface area contributed by atoms with E-state index in [9.17, 15) is 0 Å². The highest BCUT2D eigenvalue weighted by Gasteiger charge is 2.20. The Hall–Kier alpha value is -1.61. The highest BCUT2D eigenvalue weighted by molar-refractivity contribution is 5.66. The average Bonchev–Trinajstić information content (AvgIpc) is 3.16. The van der Waals surface area contributed by atoms with E-state index in [1.807, 2.05) is 17.9 Å². The zero-order valence-corrected chi connectivity index (χ0v) is 13.3. The van der Waals surface area contributed by atoms with Crippen LogP contribution in [0.3, 0.4) is 0 Å². The molecule has 1 aromatic heterocycles. The summed E-state index contributed by atoms with van der Waals surface area (Å²) < 4.78 is 1.99. The molecule has 1 saturated heterocycles. The molecule has 1 aliphatic rings. The summed E-state index contributed by atoms with van der Waals surface area (Å²) in [5.41, 5.74) is 5.29. The van der Waals surface area contributed by atoms with Gasteiger partial charge in [-0.1, -0.05) is 25.1 Å². The van der Waals surface area contributed by atoms with Gasteiger partial charge in [0.1, 0.15) is 0 Å². The van der Waals surface area contributed by atoms with Crippen LogP contribution < -0.4 is 0 Å². The number of hydrogen-bond donors (Lipinski definition) is 0. The molecule has 112 valence electrons. The van der Waals surface area contributed by atoms with Gasteiger partial charge in [-0.2, -0.15) is 5.10 Å². The highest BCUT2D eigenvalue weighted by Crippen LogP contribution is 2.29. The molecule has 3 nitrogen and oxygen atoms in total. The molecule has 0 radical (unpaired) electrons. The normalized spacial score (nSPS) is 17.3. The van der Waals surface area contributed by atoms with Gasteiger partial charge in [0.2, 0.25) is 0 Å². The lowest BCUT2D eigenvalue weighted by molar-refractivity contribution is 0.263. The fraction of sp³-hybridized carbons (Fsp3) is 0.500. The molecule has 2 aromatic rings. The Morgan fingerprint density at radius 3 is 2.71 bits per heavy atom. The second-order valence-corrected chi connectivity index (χ2v) is 6.03. The van der Waals surface area contributed by atoms with Crippen LogP contribution in [-0.4, -0.2) is 27.8 Å². The van der Waals surface area contributed by atoms with Crippen molar-refractivity contribution in [2.45, 2.75) is 39.2 Å². The monoisotopic (exact) mass is 283 g/mol. The van der Waals surface area contributed by atoms with Crippen LogP contribution in [0.15, 0.2) is 30.5 Å². The summed E-state index contributed by atoms with van der Waals surface area (Å²) >= 11 is 0. The van der Waals surface area contributed by atoms with Gasteiger partial charge in [0.25, 0.3) is 0 Å². The van der Waals surface area contributed by atoms with Crippen LogP contribution in [0, 0.1) is 0 Å². The Morgan fingerprint density at radius 2 is 2.00 bits per heavy atom. The molecule has 0 aliphatic carbocycles. The Kier molecular flexibility index (Phi) is 4.11. The molecule has 0 spiro atoms. The van der Waals surface area contributed by atoms with E-state index in [2.05, 4.69) is 48.1 Å². The van der Waals surface area contributed by atoms with Gasteiger partial charge < -0.3 is 0 Å². The molecule has 3 rings (SSSR count). The van der Waals surface area contributed by atoms with Crippen molar-refractivity contribution in [3.05, 3.63) is 41.7 Å². The topological polar surface area (TPSA) is 21.1 Å². The molecule has 0 amide bonds. The number of hydrogen-bond acceptors (Lipinski definition) is 2. The summed E-state index contributed by atoms with van der Waals surface area (Å²) in [6.07, 6.45) is 5.69. The van der Waals surface area contributed by atoms with Crippen LogP contribution in [0.1, 0.15) is 44.0 Å². The summed E-state index contributed by atoms with van der Waals surface area (Å²) in [6.45, 7) is 6.99. The van der Waals surface area contributed by atoms with Gasteiger partial charge in [0.05, 0.1) is 6.20 Å².